The van der Waals surface area contributed by atoms with Crippen LogP contribution < -0.4 is 0 Å². The van der Waals surface area contributed by atoms with Crippen LogP contribution in [0.1, 0.15) is 0 Å². The minimum absolute atomic E-state index is 0. The van der Waals surface area contributed by atoms with E-state index in [4.69, 9.17) is 0 Å². The summed E-state index contributed by atoms with van der Waals surface area (Å²) in [5.74, 6) is 0. The molecule has 0 unspecified atom stereocenters. The maximum Gasteiger partial charge on any atom is 0.115 e. The van der Waals surface area contributed by atoms with Gasteiger partial charge in [-0.15, -0.1) is 0 Å². The van der Waals surface area contributed by atoms with E-state index in [1.54, 1.807) is 18.5 Å². The van der Waals surface area contributed by atoms with Crippen LogP contribution in [0.4, 0.5) is 0 Å². The zero-order chi connectivity index (χ0) is 4.24. The minimum Gasteiger partial charge on any atom is -0.245 e. The van der Waals surface area contributed by atoms with Crippen LogP contribution in [-0.4, -0.2) is 69.1 Å². The van der Waals surface area contributed by atoms with Gasteiger partial charge >= 0.3 is 59.1 Å². The first-order chi connectivity index (χ1) is 3.00. The molecule has 34 valence electrons. The smallest absolute Gasteiger partial charge is 0.115 e. The summed E-state index contributed by atoms with van der Waals surface area (Å²) in [6.45, 7) is 0. The van der Waals surface area contributed by atoms with Gasteiger partial charge in [0.25, 0.3) is 0 Å². The average molecular weight is 128 g/mol. The Morgan fingerprint density at radius 3 is 1.50 bits per heavy atom. The molecule has 0 bridgehead atoms. The number of hydrogen-bond donors (Lipinski definition) is 0. The Bertz CT molecular complexity index is 84.0. The van der Waals surface area contributed by atoms with Crippen LogP contribution in [0.3, 0.4) is 0 Å². The third-order valence-corrected chi connectivity index (χ3v) is 0.478. The molecule has 0 spiro atoms. The molecule has 0 saturated carbocycles. The van der Waals surface area contributed by atoms with E-state index < -0.39 is 0 Å². The van der Waals surface area contributed by atoms with Gasteiger partial charge in [-0.25, -0.2) is 9.97 Å². The van der Waals surface area contributed by atoms with Crippen molar-refractivity contribution in [3.8, 4) is 0 Å². The fourth-order valence-corrected chi connectivity index (χ4v) is 0.253. The van der Waals surface area contributed by atoms with Crippen molar-refractivity contribution in [3.05, 3.63) is 24.8 Å². The second kappa shape index (κ2) is 8.08. The Kier molecular flexibility index (Phi) is 11.9. The fraction of sp³-hybridized carbons (Fsp3) is 0. The van der Waals surface area contributed by atoms with Crippen molar-refractivity contribution in [2.75, 3.05) is 0 Å². The number of nitrogens with zero attached hydrogens (tertiary/aromatic N) is 2. The van der Waals surface area contributed by atoms with Crippen LogP contribution in [0.2, 0.25) is 0 Å². The third-order valence-electron chi connectivity index (χ3n) is 0.478. The van der Waals surface area contributed by atoms with Crippen LogP contribution in [0.5, 0.6) is 0 Å². The maximum atomic E-state index is 3.67. The van der Waals surface area contributed by atoms with E-state index in [9.17, 15) is 0 Å². The van der Waals surface area contributed by atoms with Crippen LogP contribution >= 0.6 is 0 Å². The monoisotopic (exact) mass is 128 g/mol. The second-order valence-corrected chi connectivity index (χ2v) is 0.904. The molecule has 0 aliphatic rings. The maximum absolute atomic E-state index is 3.67. The van der Waals surface area contributed by atoms with Gasteiger partial charge in [0.05, 0.1) is 0 Å². The SMILES string of the molecule is [NaH].[NaH].c1cncnc1. The van der Waals surface area contributed by atoms with Gasteiger partial charge in [0.2, 0.25) is 0 Å². The van der Waals surface area contributed by atoms with Gasteiger partial charge in [0, 0.05) is 12.4 Å². The van der Waals surface area contributed by atoms with Crippen molar-refractivity contribution in [1.82, 2.24) is 9.97 Å². The molecule has 0 aliphatic heterocycles. The van der Waals surface area contributed by atoms with E-state index in [2.05, 4.69) is 9.97 Å². The molecular formula is C4H6N2Na2. The summed E-state index contributed by atoms with van der Waals surface area (Å²) in [5, 5.41) is 0. The van der Waals surface area contributed by atoms with Crippen molar-refractivity contribution >= 4 is 59.1 Å². The summed E-state index contributed by atoms with van der Waals surface area (Å²) < 4.78 is 0. The second-order valence-electron chi connectivity index (χ2n) is 0.904. The van der Waals surface area contributed by atoms with Gasteiger partial charge < -0.3 is 0 Å². The Morgan fingerprint density at radius 2 is 1.38 bits per heavy atom. The molecule has 0 radical (unpaired) electrons. The Labute approximate surface area is 92.7 Å². The average Bonchev–Trinajstić information content (AvgIpc) is 1.72. The first kappa shape index (κ1) is 11.8. The molecule has 0 aromatic carbocycles. The van der Waals surface area contributed by atoms with Gasteiger partial charge in [-0.1, -0.05) is 0 Å². The van der Waals surface area contributed by atoms with E-state index >= 15 is 0 Å². The molecule has 1 aromatic rings. The van der Waals surface area contributed by atoms with Gasteiger partial charge in [-0.3, -0.25) is 0 Å². The van der Waals surface area contributed by atoms with Crippen molar-refractivity contribution in [2.24, 2.45) is 0 Å². The molecule has 1 aromatic heterocycles. The number of hydrogen-bond acceptors (Lipinski definition) is 2. The third kappa shape index (κ3) is 5.22. The van der Waals surface area contributed by atoms with Gasteiger partial charge in [0.1, 0.15) is 6.33 Å². The molecule has 2 nitrogen and oxygen atoms in total. The molecule has 0 aliphatic carbocycles. The Morgan fingerprint density at radius 1 is 0.875 bits per heavy atom. The number of aromatic nitrogens is 2. The van der Waals surface area contributed by atoms with Gasteiger partial charge in [-0.05, 0) is 6.07 Å². The van der Waals surface area contributed by atoms with E-state index in [0.717, 1.165) is 0 Å². The summed E-state index contributed by atoms with van der Waals surface area (Å²) in [5.41, 5.74) is 0. The molecule has 8 heavy (non-hydrogen) atoms. The Balaban J connectivity index is 0. The molecule has 0 amide bonds. The largest absolute Gasteiger partial charge is 0.245 e. The van der Waals surface area contributed by atoms with Crippen molar-refractivity contribution < 1.29 is 0 Å². The van der Waals surface area contributed by atoms with Crippen LogP contribution in [0, 0.1) is 0 Å². The minimum atomic E-state index is 0. The predicted octanol–water partition coefficient (Wildman–Crippen LogP) is -0.820. The molecule has 1 heterocycles. The molecule has 1 rings (SSSR count). The van der Waals surface area contributed by atoms with E-state index in [0.29, 0.717) is 0 Å². The summed E-state index contributed by atoms with van der Waals surface area (Å²) >= 11 is 0. The molecule has 0 saturated heterocycles. The van der Waals surface area contributed by atoms with Crippen molar-refractivity contribution in [2.45, 2.75) is 0 Å². The van der Waals surface area contributed by atoms with E-state index in [-0.39, 0.29) is 59.1 Å². The fourth-order valence-electron chi connectivity index (χ4n) is 0.253. The molecule has 4 heteroatoms. The molecular weight excluding hydrogens is 122 g/mol. The summed E-state index contributed by atoms with van der Waals surface area (Å²) in [6, 6.07) is 1.78. The summed E-state index contributed by atoms with van der Waals surface area (Å²) in [7, 11) is 0. The molecule has 0 fully saturated rings. The van der Waals surface area contributed by atoms with E-state index in [1.807, 2.05) is 0 Å². The quantitative estimate of drug-likeness (QED) is 0.426. The van der Waals surface area contributed by atoms with Gasteiger partial charge in [-0.2, -0.15) is 0 Å². The first-order valence-electron chi connectivity index (χ1n) is 1.70. The topological polar surface area (TPSA) is 25.8 Å². The summed E-state index contributed by atoms with van der Waals surface area (Å²) in [6.07, 6.45) is 4.88. The predicted molar refractivity (Wildman–Crippen MR) is 36.3 cm³/mol. The normalized spacial score (nSPS) is 6.00. The van der Waals surface area contributed by atoms with Crippen LogP contribution in [0.25, 0.3) is 0 Å². The van der Waals surface area contributed by atoms with Crippen molar-refractivity contribution in [1.29, 1.82) is 0 Å². The zero-order valence-corrected chi connectivity index (χ0v) is 3.20. The van der Waals surface area contributed by atoms with Crippen molar-refractivity contribution in [3.63, 3.8) is 0 Å². The van der Waals surface area contributed by atoms with Crippen LogP contribution in [-0.2, 0) is 0 Å². The summed E-state index contributed by atoms with van der Waals surface area (Å²) in [4.78, 5) is 7.35. The Hall–Kier alpha value is 1.08. The van der Waals surface area contributed by atoms with Gasteiger partial charge in [0.15, 0.2) is 0 Å². The number of rotatable bonds is 0. The molecule has 0 N–H and O–H groups in total. The van der Waals surface area contributed by atoms with E-state index in [1.165, 1.54) is 6.33 Å². The molecule has 0 atom stereocenters. The standard InChI is InChI=1S/C4H4N2.2Na.2H/c1-2-5-4-6-3-1;;;;/h1-4H;;;;. The van der Waals surface area contributed by atoms with Crippen LogP contribution in [0.15, 0.2) is 24.8 Å². The zero-order valence-electron chi connectivity index (χ0n) is 3.20. The first-order valence-corrected chi connectivity index (χ1v) is 1.70.